The van der Waals surface area contributed by atoms with E-state index in [4.69, 9.17) is 4.55 Å². The molecule has 0 saturated heterocycles. The van der Waals surface area contributed by atoms with Gasteiger partial charge in [0.05, 0.1) is 5.56 Å². The molecule has 28 heavy (non-hydrogen) atoms. The van der Waals surface area contributed by atoms with Crippen molar-refractivity contribution in [1.82, 2.24) is 0 Å². The van der Waals surface area contributed by atoms with E-state index in [-0.39, 0.29) is 23.5 Å². The van der Waals surface area contributed by atoms with E-state index in [1.165, 1.54) is 0 Å². The second-order valence-electron chi connectivity index (χ2n) is 4.72. The molecular formula is C13HBr5F4O5S. The second-order valence-corrected chi connectivity index (χ2v) is 10.0. The van der Waals surface area contributed by atoms with Crippen molar-refractivity contribution in [3.05, 3.63) is 51.2 Å². The molecule has 2 aromatic carbocycles. The molecule has 0 radical (unpaired) electrons. The third kappa shape index (κ3) is 4.21. The quantitative estimate of drug-likeness (QED) is 0.0968. The predicted molar refractivity (Wildman–Crippen MR) is 106 cm³/mol. The summed E-state index contributed by atoms with van der Waals surface area (Å²) in [5, 5.41) is 0. The van der Waals surface area contributed by atoms with Crippen LogP contribution in [0.2, 0.25) is 0 Å². The summed E-state index contributed by atoms with van der Waals surface area (Å²) in [6.07, 6.45) is 0. The lowest BCUT2D eigenvalue weighted by Gasteiger charge is -2.14. The van der Waals surface area contributed by atoms with Crippen LogP contribution in [0.4, 0.5) is 17.6 Å². The summed E-state index contributed by atoms with van der Waals surface area (Å²) in [7, 11) is -5.64. The van der Waals surface area contributed by atoms with Gasteiger partial charge in [-0.15, -0.1) is 0 Å². The van der Waals surface area contributed by atoms with Crippen molar-refractivity contribution in [2.75, 3.05) is 0 Å². The number of hydrogen-bond acceptors (Lipinski definition) is 4. The van der Waals surface area contributed by atoms with Crippen LogP contribution >= 0.6 is 79.6 Å². The van der Waals surface area contributed by atoms with Gasteiger partial charge in [-0.3, -0.25) is 4.55 Å². The number of halogens is 9. The van der Waals surface area contributed by atoms with E-state index in [1.54, 1.807) is 0 Å². The Balaban J connectivity index is 2.68. The fourth-order valence-corrected chi connectivity index (χ4v) is 5.84. The molecule has 0 aliphatic carbocycles. The van der Waals surface area contributed by atoms with Gasteiger partial charge in [0.25, 0.3) is 0 Å². The minimum atomic E-state index is -5.64. The lowest BCUT2D eigenvalue weighted by molar-refractivity contribution is 0.0714. The second kappa shape index (κ2) is 8.59. The highest BCUT2D eigenvalue weighted by molar-refractivity contribution is 9.15. The molecule has 0 atom stereocenters. The minimum Gasteiger partial charge on any atom is -0.416 e. The molecule has 0 aromatic heterocycles. The molecule has 5 nitrogen and oxygen atoms in total. The summed E-state index contributed by atoms with van der Waals surface area (Å²) < 4.78 is 91.9. The first-order valence-electron chi connectivity index (χ1n) is 6.28. The molecule has 0 bridgehead atoms. The van der Waals surface area contributed by atoms with Gasteiger partial charge in [-0.1, -0.05) is 0 Å². The van der Waals surface area contributed by atoms with Crippen LogP contribution in [-0.4, -0.2) is 18.9 Å². The smallest absolute Gasteiger partial charge is 0.346 e. The van der Waals surface area contributed by atoms with Crippen LogP contribution in [0.3, 0.4) is 0 Å². The van der Waals surface area contributed by atoms with Crippen LogP contribution in [0.5, 0.6) is 5.75 Å². The van der Waals surface area contributed by atoms with E-state index in [2.05, 4.69) is 84.4 Å². The Bertz CT molecular complexity index is 1080. The molecule has 152 valence electrons. The van der Waals surface area contributed by atoms with Gasteiger partial charge in [-0.05, 0) is 79.6 Å². The molecule has 0 spiro atoms. The van der Waals surface area contributed by atoms with Crippen LogP contribution in [0.25, 0.3) is 0 Å². The van der Waals surface area contributed by atoms with Gasteiger partial charge in [-0.2, -0.15) is 17.2 Å². The van der Waals surface area contributed by atoms with E-state index >= 15 is 0 Å². The first-order chi connectivity index (χ1) is 12.7. The summed E-state index contributed by atoms with van der Waals surface area (Å²) in [6, 6.07) is 0. The number of ether oxygens (including phenoxy) is 1. The molecule has 0 aliphatic rings. The maximum Gasteiger partial charge on any atom is 0.346 e. The molecule has 2 aromatic rings. The zero-order valence-corrected chi connectivity index (χ0v) is 21.1. The Morgan fingerprint density at radius 1 is 0.750 bits per heavy atom. The van der Waals surface area contributed by atoms with Crippen molar-refractivity contribution in [3.63, 3.8) is 0 Å². The highest BCUT2D eigenvalue weighted by atomic mass is 79.9. The molecule has 2 rings (SSSR count). The van der Waals surface area contributed by atoms with E-state index < -0.39 is 50.0 Å². The topological polar surface area (TPSA) is 80.7 Å². The van der Waals surface area contributed by atoms with Gasteiger partial charge in [0, 0.05) is 22.4 Å². The maximum atomic E-state index is 14.0. The molecule has 0 aliphatic heterocycles. The average Bonchev–Trinajstić information content (AvgIpc) is 2.59. The zero-order chi connectivity index (χ0) is 21.7. The number of hydrogen-bond donors (Lipinski definition) is 1. The normalized spacial score (nSPS) is 11.6. The maximum absolute atomic E-state index is 14.0. The zero-order valence-electron chi connectivity index (χ0n) is 12.4. The summed E-state index contributed by atoms with van der Waals surface area (Å²) in [5.41, 5.74) is -0.333. The number of benzene rings is 2. The molecule has 0 amide bonds. The van der Waals surface area contributed by atoms with Gasteiger partial charge < -0.3 is 4.74 Å². The van der Waals surface area contributed by atoms with Gasteiger partial charge >= 0.3 is 16.1 Å². The van der Waals surface area contributed by atoms with Crippen molar-refractivity contribution >= 4 is 95.7 Å². The predicted octanol–water partition coefficient (Wildman–Crippen LogP) is 6.52. The third-order valence-electron chi connectivity index (χ3n) is 3.05. The third-order valence-corrected chi connectivity index (χ3v) is 10.0. The monoisotopic (exact) mass is 740 g/mol. The summed E-state index contributed by atoms with van der Waals surface area (Å²) in [6.45, 7) is 0. The van der Waals surface area contributed by atoms with E-state index in [1.807, 2.05) is 0 Å². The Labute approximate surface area is 196 Å². The van der Waals surface area contributed by atoms with E-state index in [0.717, 1.165) is 0 Å². The highest BCUT2D eigenvalue weighted by Gasteiger charge is 2.35. The molecule has 0 fully saturated rings. The van der Waals surface area contributed by atoms with Crippen LogP contribution in [-0.2, 0) is 10.1 Å². The fraction of sp³-hybridized carbons (Fsp3) is 0. The van der Waals surface area contributed by atoms with Crippen molar-refractivity contribution in [2.24, 2.45) is 0 Å². The number of rotatable bonds is 3. The van der Waals surface area contributed by atoms with Gasteiger partial charge in [0.15, 0.2) is 16.5 Å². The van der Waals surface area contributed by atoms with Crippen LogP contribution in [0.1, 0.15) is 10.4 Å². The SMILES string of the molecule is O=C(Oc1c(F)c(F)c(S(=O)(=O)O)c(F)c1F)c1c(Br)c(Br)c(Br)c(Br)c1Br. The van der Waals surface area contributed by atoms with Crippen molar-refractivity contribution < 1.29 is 40.1 Å². The number of esters is 1. The Morgan fingerprint density at radius 3 is 1.46 bits per heavy atom. The molecule has 15 heteroatoms. The van der Waals surface area contributed by atoms with Crippen molar-refractivity contribution in [3.8, 4) is 5.75 Å². The van der Waals surface area contributed by atoms with Crippen molar-refractivity contribution in [1.29, 1.82) is 0 Å². The number of carbonyl (C=O) groups excluding carboxylic acids is 1. The van der Waals surface area contributed by atoms with Crippen LogP contribution in [0.15, 0.2) is 27.3 Å². The molecular weight excluding hydrogens is 744 g/mol. The number of carbonyl (C=O) groups is 1. The molecule has 0 heterocycles. The van der Waals surface area contributed by atoms with Gasteiger partial charge in [0.2, 0.25) is 17.4 Å². The highest BCUT2D eigenvalue weighted by Crippen LogP contribution is 2.45. The lowest BCUT2D eigenvalue weighted by atomic mass is 10.2. The van der Waals surface area contributed by atoms with E-state index in [9.17, 15) is 30.8 Å². The molecule has 0 saturated carbocycles. The fourth-order valence-electron chi connectivity index (χ4n) is 1.84. The van der Waals surface area contributed by atoms with Crippen molar-refractivity contribution in [2.45, 2.75) is 4.90 Å². The summed E-state index contributed by atoms with van der Waals surface area (Å²) in [5.74, 6) is -12.9. The largest absolute Gasteiger partial charge is 0.416 e. The van der Waals surface area contributed by atoms with Gasteiger partial charge in [0.1, 0.15) is 0 Å². The lowest BCUT2D eigenvalue weighted by Crippen LogP contribution is -2.17. The summed E-state index contributed by atoms with van der Waals surface area (Å²) in [4.78, 5) is 10.1. The Hall–Kier alpha value is -0.0600. The Kier molecular flexibility index (Phi) is 7.43. The van der Waals surface area contributed by atoms with Gasteiger partial charge in [-0.25, -0.2) is 13.6 Å². The Morgan fingerprint density at radius 2 is 1.11 bits per heavy atom. The molecule has 0 unspecified atom stereocenters. The molecule has 1 N–H and O–H groups in total. The minimum absolute atomic E-state index is 0.0516. The standard InChI is InChI=1S/C13HBr5F4O5S/c14-2-1(3(15)5(17)6(18)4(2)16)13(23)27-11-7(19)9(21)12(28(24,25)26)10(22)8(11)20/h(H,24,25,26). The first-order valence-corrected chi connectivity index (χ1v) is 11.7. The first kappa shape index (κ1) is 24.2. The van der Waals surface area contributed by atoms with Crippen LogP contribution in [0, 0.1) is 23.3 Å². The summed E-state index contributed by atoms with van der Waals surface area (Å²) >= 11 is 15.6. The van der Waals surface area contributed by atoms with E-state index in [0.29, 0.717) is 4.47 Å². The average molecular weight is 745 g/mol. The van der Waals surface area contributed by atoms with Crippen LogP contribution < -0.4 is 4.74 Å².